The number of phenolic OH excluding ortho intramolecular Hbond substituents is 1. The topological polar surface area (TPSA) is 32.3 Å². The number of rotatable bonds is 4. The van der Waals surface area contributed by atoms with Gasteiger partial charge in [0.25, 0.3) is 0 Å². The molecule has 0 spiro atoms. The lowest BCUT2D eigenvalue weighted by Gasteiger charge is -2.11. The molecule has 2 N–H and O–H groups in total. The van der Waals surface area contributed by atoms with Gasteiger partial charge in [-0.2, -0.15) is 0 Å². The fourth-order valence-electron chi connectivity index (χ4n) is 2.26. The summed E-state index contributed by atoms with van der Waals surface area (Å²) in [7, 11) is 0. The number of hydrogen-bond donors (Lipinski definition) is 2. The van der Waals surface area contributed by atoms with E-state index in [0.29, 0.717) is 5.75 Å². The van der Waals surface area contributed by atoms with Crippen LogP contribution in [0.1, 0.15) is 31.2 Å². The Morgan fingerprint density at radius 1 is 1.19 bits per heavy atom. The molecular weight excluding hydrogens is 222 g/mol. The van der Waals surface area contributed by atoms with Crippen LogP contribution in [-0.2, 0) is 6.42 Å². The van der Waals surface area contributed by atoms with E-state index in [1.807, 2.05) is 18.2 Å². The predicted octanol–water partition coefficient (Wildman–Crippen LogP) is 2.89. The summed E-state index contributed by atoms with van der Waals surface area (Å²) in [6, 6.07) is 8.31. The quantitative estimate of drug-likeness (QED) is 0.850. The molecule has 0 bridgehead atoms. The van der Waals surface area contributed by atoms with Gasteiger partial charge in [0.15, 0.2) is 0 Å². The second-order valence-corrected chi connectivity index (χ2v) is 4.31. The first-order valence-electron chi connectivity index (χ1n) is 5.86. The predicted molar refractivity (Wildman–Crippen MR) is 69.3 cm³/mol. The van der Waals surface area contributed by atoms with Crippen LogP contribution in [-0.4, -0.2) is 17.7 Å². The van der Waals surface area contributed by atoms with Crippen LogP contribution in [0.4, 0.5) is 0 Å². The van der Waals surface area contributed by atoms with E-state index in [1.165, 1.54) is 25.7 Å². The molecule has 0 atom stereocenters. The third kappa shape index (κ3) is 3.69. The number of benzene rings is 1. The highest BCUT2D eigenvalue weighted by Crippen LogP contribution is 2.18. The van der Waals surface area contributed by atoms with E-state index in [9.17, 15) is 5.11 Å². The molecule has 0 amide bonds. The van der Waals surface area contributed by atoms with Crippen LogP contribution in [0.25, 0.3) is 0 Å². The summed E-state index contributed by atoms with van der Waals surface area (Å²) in [5, 5.41) is 13.1. The molecule has 0 saturated heterocycles. The summed E-state index contributed by atoms with van der Waals surface area (Å²) >= 11 is 0. The maximum Gasteiger partial charge on any atom is 0.118 e. The van der Waals surface area contributed by atoms with E-state index in [4.69, 9.17) is 0 Å². The number of hydrogen-bond acceptors (Lipinski definition) is 2. The fraction of sp³-hybridized carbons (Fsp3) is 0.538. The molecule has 1 saturated carbocycles. The van der Waals surface area contributed by atoms with Crippen molar-refractivity contribution in [2.24, 2.45) is 0 Å². The average molecular weight is 242 g/mol. The fourth-order valence-corrected chi connectivity index (χ4v) is 2.26. The first kappa shape index (κ1) is 13.3. The number of halogens is 1. The van der Waals surface area contributed by atoms with Gasteiger partial charge in [0.05, 0.1) is 0 Å². The first-order valence-corrected chi connectivity index (χ1v) is 5.86. The van der Waals surface area contributed by atoms with Gasteiger partial charge in [-0.05, 0) is 37.4 Å². The molecule has 0 aromatic heterocycles. The molecule has 2 rings (SSSR count). The summed E-state index contributed by atoms with van der Waals surface area (Å²) in [6.45, 7) is 0.974. The Balaban J connectivity index is 0.00000128. The molecular formula is C13H20ClNO. The van der Waals surface area contributed by atoms with Crippen LogP contribution in [0.2, 0.25) is 0 Å². The van der Waals surface area contributed by atoms with Gasteiger partial charge in [0.2, 0.25) is 0 Å². The molecule has 0 radical (unpaired) electrons. The SMILES string of the molecule is Cl.Oc1ccccc1CCNC1CCCC1. The monoisotopic (exact) mass is 241 g/mol. The third-order valence-electron chi connectivity index (χ3n) is 3.17. The number of nitrogens with one attached hydrogen (secondary N) is 1. The van der Waals surface area contributed by atoms with Gasteiger partial charge in [-0.15, -0.1) is 12.4 Å². The summed E-state index contributed by atoms with van der Waals surface area (Å²) in [5.41, 5.74) is 1.04. The van der Waals surface area contributed by atoms with E-state index >= 15 is 0 Å². The number of aromatic hydroxyl groups is 1. The van der Waals surface area contributed by atoms with E-state index < -0.39 is 0 Å². The Hall–Kier alpha value is -0.730. The molecule has 1 aromatic carbocycles. The molecule has 90 valence electrons. The first-order chi connectivity index (χ1) is 7.36. The Morgan fingerprint density at radius 3 is 2.56 bits per heavy atom. The van der Waals surface area contributed by atoms with Crippen molar-refractivity contribution in [3.8, 4) is 5.75 Å². The summed E-state index contributed by atoms with van der Waals surface area (Å²) in [4.78, 5) is 0. The maximum absolute atomic E-state index is 9.57. The molecule has 1 fully saturated rings. The summed E-state index contributed by atoms with van der Waals surface area (Å²) in [5.74, 6) is 0.422. The van der Waals surface area contributed by atoms with Crippen LogP contribution in [0.5, 0.6) is 5.75 Å². The van der Waals surface area contributed by atoms with Gasteiger partial charge in [0, 0.05) is 6.04 Å². The highest BCUT2D eigenvalue weighted by atomic mass is 35.5. The summed E-state index contributed by atoms with van der Waals surface area (Å²) in [6.07, 6.45) is 6.30. The minimum atomic E-state index is 0. The molecule has 0 aliphatic heterocycles. The van der Waals surface area contributed by atoms with Crippen LogP contribution < -0.4 is 5.32 Å². The van der Waals surface area contributed by atoms with Crippen LogP contribution in [0.3, 0.4) is 0 Å². The largest absolute Gasteiger partial charge is 0.508 e. The van der Waals surface area contributed by atoms with Crippen molar-refractivity contribution < 1.29 is 5.11 Å². The van der Waals surface area contributed by atoms with E-state index in [0.717, 1.165) is 24.6 Å². The van der Waals surface area contributed by atoms with Crippen molar-refractivity contribution in [3.63, 3.8) is 0 Å². The van der Waals surface area contributed by atoms with Gasteiger partial charge < -0.3 is 10.4 Å². The van der Waals surface area contributed by atoms with Crippen molar-refractivity contribution in [1.82, 2.24) is 5.32 Å². The standard InChI is InChI=1S/C13H19NO.ClH/c15-13-8-4-1-5-11(13)9-10-14-12-6-2-3-7-12;/h1,4-5,8,12,14-15H,2-3,6-7,9-10H2;1H. The normalized spacial score (nSPS) is 16.0. The van der Waals surface area contributed by atoms with Crippen molar-refractivity contribution >= 4 is 12.4 Å². The van der Waals surface area contributed by atoms with Crippen molar-refractivity contribution in [2.75, 3.05) is 6.54 Å². The van der Waals surface area contributed by atoms with Gasteiger partial charge in [0.1, 0.15) is 5.75 Å². The highest BCUT2D eigenvalue weighted by Gasteiger charge is 2.13. The highest BCUT2D eigenvalue weighted by molar-refractivity contribution is 5.85. The molecule has 3 heteroatoms. The van der Waals surface area contributed by atoms with E-state index in [2.05, 4.69) is 5.32 Å². The van der Waals surface area contributed by atoms with Crippen LogP contribution >= 0.6 is 12.4 Å². The lowest BCUT2D eigenvalue weighted by molar-refractivity contribution is 0.463. The second-order valence-electron chi connectivity index (χ2n) is 4.31. The van der Waals surface area contributed by atoms with Gasteiger partial charge in [-0.25, -0.2) is 0 Å². The van der Waals surface area contributed by atoms with E-state index in [1.54, 1.807) is 6.07 Å². The van der Waals surface area contributed by atoms with Crippen LogP contribution in [0, 0.1) is 0 Å². The zero-order chi connectivity index (χ0) is 10.5. The zero-order valence-corrected chi connectivity index (χ0v) is 10.3. The molecule has 0 heterocycles. The molecule has 1 aromatic rings. The lowest BCUT2D eigenvalue weighted by atomic mass is 10.1. The molecule has 0 unspecified atom stereocenters. The third-order valence-corrected chi connectivity index (χ3v) is 3.17. The maximum atomic E-state index is 9.57. The van der Waals surface area contributed by atoms with Gasteiger partial charge in [-0.3, -0.25) is 0 Å². The second kappa shape index (κ2) is 6.77. The smallest absolute Gasteiger partial charge is 0.118 e. The minimum Gasteiger partial charge on any atom is -0.508 e. The average Bonchev–Trinajstić information content (AvgIpc) is 2.74. The molecule has 1 aliphatic carbocycles. The van der Waals surface area contributed by atoms with Crippen molar-refractivity contribution in [2.45, 2.75) is 38.1 Å². The number of para-hydroxylation sites is 1. The Kier molecular flexibility index (Phi) is 5.64. The molecule has 2 nitrogen and oxygen atoms in total. The molecule has 1 aliphatic rings. The minimum absolute atomic E-state index is 0. The molecule has 16 heavy (non-hydrogen) atoms. The Bertz CT molecular complexity index is 311. The van der Waals surface area contributed by atoms with Crippen LogP contribution in [0.15, 0.2) is 24.3 Å². The van der Waals surface area contributed by atoms with Crippen molar-refractivity contribution in [3.05, 3.63) is 29.8 Å². The summed E-state index contributed by atoms with van der Waals surface area (Å²) < 4.78 is 0. The van der Waals surface area contributed by atoms with Crippen molar-refractivity contribution in [1.29, 1.82) is 0 Å². The zero-order valence-electron chi connectivity index (χ0n) is 9.48. The van der Waals surface area contributed by atoms with Gasteiger partial charge >= 0.3 is 0 Å². The Labute approximate surface area is 103 Å². The van der Waals surface area contributed by atoms with Gasteiger partial charge in [-0.1, -0.05) is 31.0 Å². The lowest BCUT2D eigenvalue weighted by Crippen LogP contribution is -2.27. The number of phenols is 1. The Morgan fingerprint density at radius 2 is 1.88 bits per heavy atom. The van der Waals surface area contributed by atoms with E-state index in [-0.39, 0.29) is 12.4 Å².